The second-order valence-electron chi connectivity index (χ2n) is 32.0. The molecule has 26 heteroatoms. The van der Waals surface area contributed by atoms with Gasteiger partial charge in [-0.3, -0.25) is 24.0 Å². The lowest BCUT2D eigenvalue weighted by Gasteiger charge is -2.60. The number of rotatable bonds is 18. The number of nitrogens with one attached hydrogen (secondary N) is 5. The van der Waals surface area contributed by atoms with Gasteiger partial charge in [-0.25, -0.2) is 19.2 Å². The number of amides is 5. The number of ether oxygens (including phenoxy) is 5. The number of allylic oxidation sites excluding steroid dienone is 6. The van der Waals surface area contributed by atoms with Gasteiger partial charge in [0.15, 0.2) is 39.1 Å². The van der Waals surface area contributed by atoms with Crippen LogP contribution in [0.2, 0.25) is 0 Å². The summed E-state index contributed by atoms with van der Waals surface area (Å²) in [6.45, 7) is 18.9. The highest BCUT2D eigenvalue weighted by Gasteiger charge is 2.83. The largest absolute Gasteiger partial charge is 0.486 e. The van der Waals surface area contributed by atoms with Crippen molar-refractivity contribution in [2.45, 2.75) is 270 Å². The number of hydrogen-bond donors (Lipinski definition) is 9. The lowest BCUT2D eigenvalue weighted by molar-refractivity contribution is -0.244. The molecule has 0 saturated carbocycles. The summed E-state index contributed by atoms with van der Waals surface area (Å²) in [7, 11) is 0. The summed E-state index contributed by atoms with van der Waals surface area (Å²) in [5, 5.41) is 58.4. The quantitative estimate of drug-likeness (QED) is 0.0273. The molecular formula is C77H106BrCl2N5O18. The second-order valence-corrected chi connectivity index (χ2v) is 33.6. The number of fused-ring (bicyclic) bond motifs is 5. The summed E-state index contributed by atoms with van der Waals surface area (Å²) in [5.74, 6) is -3.40. The number of aliphatic hydroxyl groups excluding tert-OH is 4. The van der Waals surface area contributed by atoms with E-state index in [-0.39, 0.29) is 70.5 Å². The molecule has 24 atom stereocenters. The van der Waals surface area contributed by atoms with Crippen LogP contribution in [0.4, 0.5) is 0 Å². The number of esters is 4. The summed E-state index contributed by atoms with van der Waals surface area (Å²) >= 11 is 14.9. The van der Waals surface area contributed by atoms with Crippen molar-refractivity contribution in [2.24, 2.45) is 58.7 Å². The lowest BCUT2D eigenvalue weighted by Crippen LogP contribution is -2.80. The summed E-state index contributed by atoms with van der Waals surface area (Å²) in [4.78, 5) is 110. The van der Waals surface area contributed by atoms with Gasteiger partial charge in [0.25, 0.3) is 0 Å². The third kappa shape index (κ3) is 11.6. The van der Waals surface area contributed by atoms with E-state index in [1.807, 2.05) is 64.2 Å². The van der Waals surface area contributed by atoms with E-state index in [0.717, 1.165) is 96.3 Å². The predicted octanol–water partition coefficient (Wildman–Crippen LogP) is 7.79. The average molecular weight is 1540 g/mol. The fourth-order valence-electron chi connectivity index (χ4n) is 20.4. The van der Waals surface area contributed by atoms with Crippen molar-refractivity contribution in [1.29, 1.82) is 0 Å². The average Bonchev–Trinajstić information content (AvgIpc) is 1.56. The Balaban J connectivity index is 0.000000129. The Hall–Kier alpha value is -5.63. The minimum absolute atomic E-state index is 0.0407. The first kappa shape index (κ1) is 78.4. The highest BCUT2D eigenvalue weighted by atomic mass is 79.9. The zero-order valence-corrected chi connectivity index (χ0v) is 63.7. The van der Waals surface area contributed by atoms with Gasteiger partial charge in [0, 0.05) is 40.3 Å². The molecule has 23 nitrogen and oxygen atoms in total. The molecule has 10 fully saturated rings. The molecule has 0 aromatic carbocycles. The van der Waals surface area contributed by atoms with E-state index in [4.69, 9.17) is 46.9 Å². The Morgan fingerprint density at radius 3 is 1.40 bits per heavy atom. The van der Waals surface area contributed by atoms with E-state index in [9.17, 15) is 63.6 Å². The standard InChI is InChI=1S/C17H25NO3.C16H22ClNO4.C15H20BrNO4.C15H20ClNO3.C14H19NO4/c1-5-12-13(19)18-17(11(2)21-16(12,17)4)14(20)15(3)9-7-6-8-10-15;1-2-15-11(8-9-17)13(20)18-16(15,14(21)22-15)12(19)10-6-4-3-5-7-10;1-14-10(7-8-16)12(19)17-15(14,13(20)21-14)11(18)9-5-3-2-4-6-9;1-14-11(7-8-16)12(18)17-15(14,13(19)20-14)9-10-5-3-2-4-6-10;1-8-11(17)15-14(12(18)19-13(8,14)2)10(16)9-6-4-3-5-7-9/h7,9,12,14,20H,2,5-6,8,10H2,1,3-4H3,(H,18,19);4,6,10-12,19H,2-3,5,7-9H2,1H3,(H,18,20);3,5,9-11,18H,2,4,6-8H2,1H3,(H,17,19);3,5,10-11H,2,4,6-9H2,1H3,(H,17,18);4,6,8-10,16H,3,5,7H2,1-2H3,(H,15,17)/t12-,14-,15+,16-,17+;10-,11+,12+,15+,16+;9-,10+,11+,14+,15+;10-,11+,14+,15+;8-,9+,10-,13-,14-/m01110/s1. The number of carbonyl (C=O) groups excluding carboxylic acids is 9. The van der Waals surface area contributed by atoms with Crippen molar-refractivity contribution in [3.8, 4) is 0 Å². The minimum Gasteiger partial charge on any atom is -0.486 e. The molecule has 0 unspecified atom stereocenters. The van der Waals surface area contributed by atoms with Crippen LogP contribution in [0, 0.1) is 58.7 Å². The molecule has 10 aliphatic heterocycles. The highest BCUT2D eigenvalue weighted by molar-refractivity contribution is 9.09. The topological polar surface area (TPSA) is 341 Å². The Morgan fingerprint density at radius 2 is 0.942 bits per heavy atom. The first-order chi connectivity index (χ1) is 48.8. The third-order valence-electron chi connectivity index (χ3n) is 26.9. The molecule has 15 aliphatic rings. The van der Waals surface area contributed by atoms with E-state index in [1.165, 1.54) is 0 Å². The molecule has 0 aromatic rings. The van der Waals surface area contributed by atoms with Gasteiger partial charge < -0.3 is 70.7 Å². The molecule has 0 radical (unpaired) electrons. The van der Waals surface area contributed by atoms with Gasteiger partial charge in [0.2, 0.25) is 46.2 Å². The van der Waals surface area contributed by atoms with Gasteiger partial charge in [0.05, 0.1) is 54.0 Å². The molecule has 0 aromatic heterocycles. The minimum atomic E-state index is -1.32. The number of carbonyl (C=O) groups is 9. The maximum Gasteiger partial charge on any atom is 0.339 e. The molecule has 10 saturated heterocycles. The van der Waals surface area contributed by atoms with E-state index in [1.54, 1.807) is 20.8 Å². The second kappa shape index (κ2) is 29.2. The summed E-state index contributed by atoms with van der Waals surface area (Å²) in [5.41, 5.74) is -10.2. The van der Waals surface area contributed by atoms with Crippen molar-refractivity contribution < 1.29 is 87.3 Å². The summed E-state index contributed by atoms with van der Waals surface area (Å²) in [6.07, 6.45) is 35.0. The van der Waals surface area contributed by atoms with Crippen molar-refractivity contribution in [1.82, 2.24) is 26.6 Å². The van der Waals surface area contributed by atoms with Crippen molar-refractivity contribution >= 4 is 92.5 Å². The van der Waals surface area contributed by atoms with Crippen LogP contribution in [-0.2, 0) is 66.8 Å². The zero-order valence-electron chi connectivity index (χ0n) is 60.6. The normalized spacial score (nSPS) is 43.8. The van der Waals surface area contributed by atoms with Gasteiger partial charge >= 0.3 is 23.9 Å². The fourth-order valence-corrected chi connectivity index (χ4v) is 21.3. The molecule has 5 aliphatic carbocycles. The maximum atomic E-state index is 12.4. The van der Waals surface area contributed by atoms with Crippen LogP contribution in [0.5, 0.6) is 0 Å². The first-order valence-electron chi connectivity index (χ1n) is 37.5. The van der Waals surface area contributed by atoms with E-state index < -0.39 is 116 Å². The van der Waals surface area contributed by atoms with Gasteiger partial charge in [-0.05, 0) is 175 Å². The van der Waals surface area contributed by atoms with Gasteiger partial charge in [-0.1, -0.05) is 104 Å². The molecular weight excluding hydrogens is 1430 g/mol. The predicted molar refractivity (Wildman–Crippen MR) is 384 cm³/mol. The molecule has 103 heavy (non-hydrogen) atoms. The van der Waals surface area contributed by atoms with E-state index >= 15 is 0 Å². The lowest BCUT2D eigenvalue weighted by atomic mass is 9.59. The highest BCUT2D eigenvalue weighted by Crippen LogP contribution is 2.61. The molecule has 568 valence electrons. The Kier molecular flexibility index (Phi) is 22.2. The van der Waals surface area contributed by atoms with Crippen LogP contribution < -0.4 is 26.6 Å². The maximum absolute atomic E-state index is 12.4. The molecule has 0 spiro atoms. The fraction of sp³-hybridized carbons (Fsp3) is 0.727. The van der Waals surface area contributed by atoms with Crippen LogP contribution in [0.3, 0.4) is 0 Å². The Bertz CT molecular complexity index is 3550. The van der Waals surface area contributed by atoms with Crippen LogP contribution in [-0.4, -0.2) is 171 Å². The molecule has 10 heterocycles. The third-order valence-corrected chi connectivity index (χ3v) is 27.8. The van der Waals surface area contributed by atoms with Crippen LogP contribution in [0.1, 0.15) is 190 Å². The van der Waals surface area contributed by atoms with Gasteiger partial charge in [-0.15, -0.1) is 23.2 Å². The monoisotopic (exact) mass is 1540 g/mol. The molecule has 5 amide bonds. The SMILES string of the molecule is C=C1O[C@@]2(C)[C@@H](CC)C(=O)N[C@@]12[C@@H](O)[C@]1(C)C=CCCC1.CC[C@@]12OC(=O)[C@]1([C@@H](O)[C@@H]1C=CCCC1)NC(=O)[C@@H]2CCCl.C[C@@]12OC(=O)[C@]1(C[C@@H]1C=CCCC1)NC(=O)[C@@H]2CCCl.C[C@@]12OC(=O)[C@]1([C@@H](O)[C@@H]1C=CCCC1)NC(=O)[C@@H]2CCBr.C[C@H]1C(=O)N[C@@]2([C@@H](O)[C@@H]3C=CCCC3)C(=O)O[C@@]12C. The van der Waals surface area contributed by atoms with Crippen LogP contribution in [0.15, 0.2) is 73.1 Å². The summed E-state index contributed by atoms with van der Waals surface area (Å²) in [6, 6.07) is 0. The van der Waals surface area contributed by atoms with Gasteiger partial charge in [0.1, 0.15) is 5.76 Å². The zero-order chi connectivity index (χ0) is 74.9. The Morgan fingerprint density at radius 1 is 0.505 bits per heavy atom. The van der Waals surface area contributed by atoms with Crippen LogP contribution >= 0.6 is 39.1 Å². The number of halogens is 3. The van der Waals surface area contributed by atoms with Crippen LogP contribution in [0.25, 0.3) is 0 Å². The van der Waals surface area contributed by atoms with Crippen molar-refractivity contribution in [3.05, 3.63) is 73.1 Å². The molecule has 15 rings (SSSR count). The molecule has 9 N–H and O–H groups in total. The van der Waals surface area contributed by atoms with Crippen molar-refractivity contribution in [3.63, 3.8) is 0 Å². The van der Waals surface area contributed by atoms with E-state index in [0.29, 0.717) is 67.3 Å². The van der Waals surface area contributed by atoms with Crippen molar-refractivity contribution in [2.75, 3.05) is 17.1 Å². The summed E-state index contributed by atoms with van der Waals surface area (Å²) < 4.78 is 27.4. The van der Waals surface area contributed by atoms with E-state index in [2.05, 4.69) is 80.3 Å². The number of alkyl halides is 3. The van der Waals surface area contributed by atoms with Gasteiger partial charge in [-0.2, -0.15) is 0 Å². The Labute approximate surface area is 622 Å². The smallest absolute Gasteiger partial charge is 0.339 e. The molecule has 0 bridgehead atoms. The number of hydrogen-bond acceptors (Lipinski definition) is 18. The number of aliphatic hydroxyl groups is 4. The first-order valence-corrected chi connectivity index (χ1v) is 39.6.